The Hall–Kier alpha value is -1.74. The lowest BCUT2D eigenvalue weighted by atomic mass is 10.1. The Bertz CT molecular complexity index is 811. The SMILES string of the molecule is [2H]c1c([2H])c([2H])c(-c2c([2H])c([2H])c([2H])c(O[B]O)c2[2H])c([2H])c1[2H]. The lowest BCUT2D eigenvalue weighted by Crippen LogP contribution is -1.99. The topological polar surface area (TPSA) is 29.5 Å². The Morgan fingerprint density at radius 1 is 1.00 bits per heavy atom. The largest absolute Gasteiger partial charge is 0.569 e. The zero-order valence-corrected chi connectivity index (χ0v) is 7.43. The van der Waals surface area contributed by atoms with Crippen LogP contribution < -0.4 is 4.65 Å². The van der Waals surface area contributed by atoms with Crippen LogP contribution in [0.5, 0.6) is 5.75 Å². The molecular weight excluding hydrogens is 187 g/mol. The maximum Gasteiger partial charge on any atom is 0.569 e. The molecule has 0 bridgehead atoms. The van der Waals surface area contributed by atoms with Crippen LogP contribution in [0.2, 0.25) is 0 Å². The minimum absolute atomic E-state index is 0.195. The second-order valence-electron chi connectivity index (χ2n) is 2.43. The summed E-state index contributed by atoms with van der Waals surface area (Å²) in [7, 11) is 0.195. The van der Waals surface area contributed by atoms with Gasteiger partial charge in [0.15, 0.2) is 0 Å². The van der Waals surface area contributed by atoms with Crippen molar-refractivity contribution in [1.82, 2.24) is 0 Å². The Morgan fingerprint density at radius 3 is 2.47 bits per heavy atom. The van der Waals surface area contributed by atoms with Crippen LogP contribution in [0.25, 0.3) is 11.1 Å². The molecule has 73 valence electrons. The first-order valence-electron chi connectivity index (χ1n) is 8.45. The highest BCUT2D eigenvalue weighted by Crippen LogP contribution is 2.23. The lowest BCUT2D eigenvalue weighted by Gasteiger charge is -2.05. The third-order valence-corrected chi connectivity index (χ3v) is 1.52. The molecule has 0 aromatic heterocycles. The predicted molar refractivity (Wildman–Crippen MR) is 60.5 cm³/mol. The summed E-state index contributed by atoms with van der Waals surface area (Å²) in [5.74, 6) is -0.555. The maximum absolute atomic E-state index is 8.74. The summed E-state index contributed by atoms with van der Waals surface area (Å²) in [5.41, 5.74) is -0.878. The van der Waals surface area contributed by atoms with Gasteiger partial charge in [0, 0.05) is 0 Å². The quantitative estimate of drug-likeness (QED) is 0.780. The van der Waals surface area contributed by atoms with Gasteiger partial charge in [0.1, 0.15) is 5.75 Å². The third-order valence-electron chi connectivity index (χ3n) is 1.52. The van der Waals surface area contributed by atoms with Crippen LogP contribution >= 0.6 is 0 Å². The van der Waals surface area contributed by atoms with Crippen molar-refractivity contribution >= 4 is 7.69 Å². The predicted octanol–water partition coefficient (Wildman–Crippen LogP) is 2.26. The molecule has 0 amide bonds. The molecule has 0 heterocycles. The molecule has 0 aliphatic heterocycles. The molecule has 0 saturated heterocycles. The summed E-state index contributed by atoms with van der Waals surface area (Å²) in [6.07, 6.45) is 0. The summed E-state index contributed by atoms with van der Waals surface area (Å²) in [6, 6.07) is -5.78. The van der Waals surface area contributed by atoms with Crippen molar-refractivity contribution in [1.29, 1.82) is 0 Å². The molecule has 2 nitrogen and oxygen atoms in total. The van der Waals surface area contributed by atoms with E-state index in [0.717, 1.165) is 0 Å². The smallest absolute Gasteiger partial charge is 0.537 e. The van der Waals surface area contributed by atoms with Gasteiger partial charge in [-0.1, -0.05) is 42.3 Å². The number of rotatable bonds is 3. The van der Waals surface area contributed by atoms with E-state index in [2.05, 4.69) is 4.65 Å². The average molecular weight is 206 g/mol. The molecule has 2 rings (SSSR count). The highest BCUT2D eigenvalue weighted by molar-refractivity contribution is 6.17. The van der Waals surface area contributed by atoms with Gasteiger partial charge in [-0.05, 0) is 23.2 Å². The lowest BCUT2D eigenvalue weighted by molar-refractivity contribution is 0.454. The number of hydrogen-bond donors (Lipinski definition) is 1. The Balaban J connectivity index is 2.99. The normalized spacial score (nSPS) is 18.1. The van der Waals surface area contributed by atoms with E-state index in [1.54, 1.807) is 0 Å². The number of hydrogen-bond acceptors (Lipinski definition) is 2. The fourth-order valence-electron chi connectivity index (χ4n) is 0.938. The van der Waals surface area contributed by atoms with E-state index in [0.29, 0.717) is 0 Å². The Kier molecular flexibility index (Phi) is 1.15. The summed E-state index contributed by atoms with van der Waals surface area (Å²) in [5, 5.41) is 8.74. The molecule has 0 unspecified atom stereocenters. The second-order valence-corrected chi connectivity index (χ2v) is 2.43. The molecule has 1 N–H and O–H groups in total. The molecule has 3 heteroatoms. The first-order chi connectivity index (χ1) is 11.1. The van der Waals surface area contributed by atoms with Crippen LogP contribution in [-0.2, 0) is 0 Å². The van der Waals surface area contributed by atoms with E-state index in [1.807, 2.05) is 0 Å². The van der Waals surface area contributed by atoms with Gasteiger partial charge in [-0.15, -0.1) is 0 Å². The second kappa shape index (κ2) is 4.67. The van der Waals surface area contributed by atoms with Crippen LogP contribution in [-0.4, -0.2) is 12.7 Å². The van der Waals surface area contributed by atoms with Crippen LogP contribution in [0, 0.1) is 0 Å². The zero-order chi connectivity index (χ0) is 18.3. The van der Waals surface area contributed by atoms with Crippen LogP contribution in [0.1, 0.15) is 12.3 Å². The molecule has 0 fully saturated rings. The highest BCUT2D eigenvalue weighted by Gasteiger charge is 1.99. The monoisotopic (exact) mass is 206 g/mol. The van der Waals surface area contributed by atoms with Gasteiger partial charge in [-0.25, -0.2) is 0 Å². The van der Waals surface area contributed by atoms with E-state index in [4.69, 9.17) is 17.4 Å². The van der Waals surface area contributed by atoms with Crippen LogP contribution in [0.15, 0.2) is 54.4 Å². The Morgan fingerprint density at radius 2 is 1.73 bits per heavy atom. The van der Waals surface area contributed by atoms with Gasteiger partial charge in [0.25, 0.3) is 0 Å². The van der Waals surface area contributed by atoms with Crippen molar-refractivity contribution in [2.75, 3.05) is 0 Å². The van der Waals surface area contributed by atoms with Gasteiger partial charge >= 0.3 is 7.69 Å². The first-order valence-corrected chi connectivity index (χ1v) is 3.95. The van der Waals surface area contributed by atoms with Crippen molar-refractivity contribution in [2.24, 2.45) is 0 Å². The molecule has 0 saturated carbocycles. The molecule has 15 heavy (non-hydrogen) atoms. The molecule has 2 aromatic carbocycles. The first kappa shape index (κ1) is 3.69. The summed E-state index contributed by atoms with van der Waals surface area (Å²) in [6.45, 7) is 0. The average Bonchev–Trinajstić information content (AvgIpc) is 2.56. The van der Waals surface area contributed by atoms with Crippen LogP contribution in [0.3, 0.4) is 0 Å². The number of benzene rings is 2. The van der Waals surface area contributed by atoms with E-state index >= 15 is 0 Å². The third kappa shape index (κ3) is 2.39. The molecule has 0 spiro atoms. The standard InChI is InChI=1S/C12H10BO2/c14-13-15-12-8-4-7-11(9-12)10-5-2-1-3-6-10/h1-9,14H/i1D,2D,3D,4D,5D,6D,7D,8D,9D. The molecule has 0 atom stereocenters. The summed E-state index contributed by atoms with van der Waals surface area (Å²) < 4.78 is 74.8. The Labute approximate surface area is 102 Å². The molecule has 1 radical (unpaired) electrons. The van der Waals surface area contributed by atoms with Crippen molar-refractivity contribution in [3.63, 3.8) is 0 Å². The summed E-state index contributed by atoms with van der Waals surface area (Å²) >= 11 is 0. The van der Waals surface area contributed by atoms with Gasteiger partial charge in [0.2, 0.25) is 0 Å². The zero-order valence-electron chi connectivity index (χ0n) is 16.4. The van der Waals surface area contributed by atoms with Gasteiger partial charge in [0.05, 0.1) is 12.3 Å². The van der Waals surface area contributed by atoms with Crippen LogP contribution in [0.4, 0.5) is 0 Å². The summed E-state index contributed by atoms with van der Waals surface area (Å²) in [4.78, 5) is 0. The van der Waals surface area contributed by atoms with Gasteiger partial charge in [-0.3, -0.25) is 0 Å². The van der Waals surface area contributed by atoms with Gasteiger partial charge in [-0.2, -0.15) is 0 Å². The molecule has 2 aromatic rings. The minimum atomic E-state index is -0.662. The van der Waals surface area contributed by atoms with E-state index in [9.17, 15) is 0 Å². The molecule has 0 aliphatic carbocycles. The van der Waals surface area contributed by atoms with Gasteiger partial charge < -0.3 is 9.68 Å². The van der Waals surface area contributed by atoms with Crippen molar-refractivity contribution in [2.45, 2.75) is 0 Å². The molecule has 0 aliphatic rings. The van der Waals surface area contributed by atoms with Crippen molar-refractivity contribution < 1.29 is 22.0 Å². The fraction of sp³-hybridized carbons (Fsp3) is 0. The van der Waals surface area contributed by atoms with E-state index < -0.39 is 71.3 Å². The van der Waals surface area contributed by atoms with E-state index in [1.165, 1.54) is 0 Å². The van der Waals surface area contributed by atoms with Crippen molar-refractivity contribution in [3.05, 3.63) is 54.4 Å². The highest BCUT2D eigenvalue weighted by atomic mass is 16.5. The fourth-order valence-corrected chi connectivity index (χ4v) is 0.938. The van der Waals surface area contributed by atoms with Crippen molar-refractivity contribution in [3.8, 4) is 16.9 Å². The molecular formula is C12H10BO2. The van der Waals surface area contributed by atoms with E-state index in [-0.39, 0.29) is 7.69 Å². The maximum atomic E-state index is 8.74. The minimum Gasteiger partial charge on any atom is -0.537 e.